The van der Waals surface area contributed by atoms with E-state index in [4.69, 9.17) is 5.73 Å². The van der Waals surface area contributed by atoms with E-state index in [1.165, 1.54) is 17.7 Å². The van der Waals surface area contributed by atoms with Crippen LogP contribution in [-0.4, -0.2) is 5.96 Å². The summed E-state index contributed by atoms with van der Waals surface area (Å²) < 4.78 is 14.0. The number of anilines is 1. The van der Waals surface area contributed by atoms with E-state index in [1.54, 1.807) is 6.07 Å². The van der Waals surface area contributed by atoms with E-state index in [-0.39, 0.29) is 29.8 Å². The fourth-order valence-corrected chi connectivity index (χ4v) is 2.26. The van der Waals surface area contributed by atoms with E-state index in [9.17, 15) is 4.39 Å². The first-order chi connectivity index (χ1) is 10.1. The molecule has 0 aromatic heterocycles. The first kappa shape index (κ1) is 18.9. The van der Waals surface area contributed by atoms with Crippen molar-refractivity contribution in [3.05, 3.63) is 63.9 Å². The van der Waals surface area contributed by atoms with Crippen LogP contribution in [0.15, 0.2) is 51.9 Å². The molecule has 0 atom stereocenters. The molecule has 0 aliphatic rings. The van der Waals surface area contributed by atoms with Crippen LogP contribution in [0.3, 0.4) is 0 Å². The van der Waals surface area contributed by atoms with Crippen LogP contribution < -0.4 is 11.1 Å². The van der Waals surface area contributed by atoms with Crippen LogP contribution in [-0.2, 0) is 13.0 Å². The lowest BCUT2D eigenvalue weighted by Crippen LogP contribution is -2.22. The van der Waals surface area contributed by atoms with Gasteiger partial charge in [0.2, 0.25) is 0 Å². The van der Waals surface area contributed by atoms with E-state index in [0.29, 0.717) is 12.5 Å². The van der Waals surface area contributed by atoms with Gasteiger partial charge in [-0.1, -0.05) is 35.0 Å². The highest BCUT2D eigenvalue weighted by Gasteiger charge is 2.02. The first-order valence-corrected chi connectivity index (χ1v) is 7.47. The number of guanidine groups is 1. The number of nitrogens with zero attached hydrogens (tertiary/aromatic N) is 1. The molecule has 2 aromatic carbocycles. The van der Waals surface area contributed by atoms with Crippen molar-refractivity contribution in [1.29, 1.82) is 0 Å². The summed E-state index contributed by atoms with van der Waals surface area (Å²) in [6.07, 6.45) is 0.961. The van der Waals surface area contributed by atoms with Crippen molar-refractivity contribution >= 4 is 51.6 Å². The third-order valence-corrected chi connectivity index (χ3v) is 3.81. The highest BCUT2D eigenvalue weighted by Crippen LogP contribution is 2.18. The van der Waals surface area contributed by atoms with Crippen LogP contribution in [0.5, 0.6) is 0 Å². The van der Waals surface area contributed by atoms with E-state index in [2.05, 4.69) is 39.2 Å². The molecule has 3 N–H and O–H groups in total. The molecule has 0 saturated carbocycles. The Bertz CT molecular complexity index is 662. The highest BCUT2D eigenvalue weighted by atomic mass is 127. The van der Waals surface area contributed by atoms with Crippen molar-refractivity contribution in [1.82, 2.24) is 0 Å². The molecular weight excluding hydrogens is 460 g/mol. The Morgan fingerprint density at radius 2 is 2.05 bits per heavy atom. The number of benzene rings is 2. The second-order valence-electron chi connectivity index (χ2n) is 4.62. The molecule has 2 aromatic rings. The van der Waals surface area contributed by atoms with Gasteiger partial charge in [0.1, 0.15) is 5.82 Å². The van der Waals surface area contributed by atoms with Gasteiger partial charge in [0.25, 0.3) is 0 Å². The van der Waals surface area contributed by atoms with Crippen LogP contribution in [0, 0.1) is 5.82 Å². The van der Waals surface area contributed by atoms with Gasteiger partial charge in [-0.2, -0.15) is 0 Å². The Kier molecular flexibility index (Phi) is 7.81. The lowest BCUT2D eigenvalue weighted by atomic mass is 10.1. The van der Waals surface area contributed by atoms with Gasteiger partial charge in [0.15, 0.2) is 5.96 Å². The maximum Gasteiger partial charge on any atom is 0.193 e. The molecule has 3 nitrogen and oxygen atoms in total. The molecule has 2 rings (SSSR count). The van der Waals surface area contributed by atoms with Crippen molar-refractivity contribution < 1.29 is 4.39 Å². The molecule has 0 fully saturated rings. The minimum Gasteiger partial charge on any atom is -0.370 e. The van der Waals surface area contributed by atoms with Gasteiger partial charge in [-0.15, -0.1) is 24.0 Å². The Balaban J connectivity index is 0.00000242. The second-order valence-corrected chi connectivity index (χ2v) is 5.47. The topological polar surface area (TPSA) is 50.4 Å². The predicted octanol–water partition coefficient (Wildman–Crippen LogP) is 4.70. The van der Waals surface area contributed by atoms with Crippen LogP contribution in [0.1, 0.15) is 18.1 Å². The molecule has 22 heavy (non-hydrogen) atoms. The molecule has 0 aliphatic carbocycles. The van der Waals surface area contributed by atoms with Crippen molar-refractivity contribution in [3.8, 4) is 0 Å². The second kappa shape index (κ2) is 9.09. The average Bonchev–Trinajstić information content (AvgIpc) is 2.48. The summed E-state index contributed by atoms with van der Waals surface area (Å²) in [5.41, 5.74) is 8.73. The average molecular weight is 478 g/mol. The predicted molar refractivity (Wildman–Crippen MR) is 104 cm³/mol. The summed E-state index contributed by atoms with van der Waals surface area (Å²) in [6, 6.07) is 12.5. The van der Waals surface area contributed by atoms with E-state index < -0.39 is 0 Å². The maximum absolute atomic E-state index is 13.2. The number of aryl methyl sites for hydroxylation is 1. The summed E-state index contributed by atoms with van der Waals surface area (Å²) in [4.78, 5) is 4.23. The monoisotopic (exact) mass is 477 g/mol. The van der Waals surface area contributed by atoms with Crippen LogP contribution in [0.25, 0.3) is 0 Å². The molecule has 0 spiro atoms. The van der Waals surface area contributed by atoms with Crippen molar-refractivity contribution in [2.45, 2.75) is 19.9 Å². The minimum atomic E-state index is -0.287. The Morgan fingerprint density at radius 1 is 1.27 bits per heavy atom. The SMILES string of the molecule is CCc1cccc(NC(N)=NCc2cc(F)ccc2Br)c1.I. The number of nitrogens with one attached hydrogen (secondary N) is 1. The van der Waals surface area contributed by atoms with Crippen LogP contribution in [0.4, 0.5) is 10.1 Å². The lowest BCUT2D eigenvalue weighted by molar-refractivity contribution is 0.625. The molecule has 0 unspecified atom stereocenters. The summed E-state index contributed by atoms with van der Waals surface area (Å²) in [6.45, 7) is 2.41. The molecule has 0 heterocycles. The standard InChI is InChI=1S/C16H17BrFN3.HI/c1-2-11-4-3-5-14(8-11)21-16(19)20-10-12-9-13(18)6-7-15(12)17;/h3-9H,2,10H2,1H3,(H3,19,20,21);1H. The zero-order valence-electron chi connectivity index (χ0n) is 12.1. The number of hydrogen-bond donors (Lipinski definition) is 2. The molecule has 0 bridgehead atoms. The van der Waals surface area contributed by atoms with E-state index >= 15 is 0 Å². The van der Waals surface area contributed by atoms with E-state index in [1.807, 2.05) is 18.2 Å². The molecule has 6 heteroatoms. The van der Waals surface area contributed by atoms with Gasteiger partial charge in [-0.25, -0.2) is 9.38 Å². The largest absolute Gasteiger partial charge is 0.370 e. The van der Waals surface area contributed by atoms with Crippen LogP contribution >= 0.6 is 39.9 Å². The van der Waals surface area contributed by atoms with E-state index in [0.717, 1.165) is 22.1 Å². The first-order valence-electron chi connectivity index (χ1n) is 6.68. The van der Waals surface area contributed by atoms with Crippen molar-refractivity contribution in [3.63, 3.8) is 0 Å². The number of rotatable bonds is 4. The number of hydrogen-bond acceptors (Lipinski definition) is 1. The summed E-state index contributed by atoms with van der Waals surface area (Å²) >= 11 is 3.37. The number of halogens is 3. The molecule has 0 radical (unpaired) electrons. The van der Waals surface area contributed by atoms with Gasteiger partial charge >= 0.3 is 0 Å². The molecule has 118 valence electrons. The number of nitrogens with two attached hydrogens (primary N) is 1. The fraction of sp³-hybridized carbons (Fsp3) is 0.188. The van der Waals surface area contributed by atoms with Gasteiger partial charge in [0.05, 0.1) is 6.54 Å². The maximum atomic E-state index is 13.2. The molecule has 0 amide bonds. The van der Waals surface area contributed by atoms with Gasteiger partial charge < -0.3 is 11.1 Å². The van der Waals surface area contributed by atoms with Gasteiger partial charge in [-0.05, 0) is 47.9 Å². The van der Waals surface area contributed by atoms with Crippen molar-refractivity contribution in [2.24, 2.45) is 10.7 Å². The Labute approximate surface area is 155 Å². The Morgan fingerprint density at radius 3 is 2.77 bits per heavy atom. The Hall–Kier alpha value is -1.15. The molecule has 0 saturated heterocycles. The zero-order valence-corrected chi connectivity index (χ0v) is 16.1. The number of aliphatic imine (C=N–C) groups is 1. The quantitative estimate of drug-likeness (QED) is 0.381. The third kappa shape index (κ3) is 5.57. The van der Waals surface area contributed by atoms with Crippen LogP contribution in [0.2, 0.25) is 0 Å². The van der Waals surface area contributed by atoms with Gasteiger partial charge in [-0.3, -0.25) is 0 Å². The molecule has 0 aliphatic heterocycles. The minimum absolute atomic E-state index is 0. The van der Waals surface area contributed by atoms with Gasteiger partial charge in [0, 0.05) is 10.2 Å². The summed E-state index contributed by atoms with van der Waals surface area (Å²) in [7, 11) is 0. The smallest absolute Gasteiger partial charge is 0.193 e. The third-order valence-electron chi connectivity index (χ3n) is 3.04. The zero-order chi connectivity index (χ0) is 15.2. The summed E-state index contributed by atoms with van der Waals surface area (Å²) in [5.74, 6) is 0.0185. The van der Waals surface area contributed by atoms with Crippen molar-refractivity contribution in [2.75, 3.05) is 5.32 Å². The summed E-state index contributed by atoms with van der Waals surface area (Å²) in [5, 5.41) is 3.04. The fourth-order valence-electron chi connectivity index (χ4n) is 1.89. The normalized spacial score (nSPS) is 11.0. The lowest BCUT2D eigenvalue weighted by Gasteiger charge is -2.07. The highest BCUT2D eigenvalue weighted by molar-refractivity contribution is 14.0. The molecular formula is C16H18BrFIN3.